The summed E-state index contributed by atoms with van der Waals surface area (Å²) in [7, 11) is 0. The molecule has 0 atom stereocenters. The van der Waals surface area contributed by atoms with Crippen LogP contribution in [0, 0.1) is 22.5 Å². The molecule has 0 amide bonds. The van der Waals surface area contributed by atoms with E-state index >= 15 is 0 Å². The van der Waals surface area contributed by atoms with Crippen molar-refractivity contribution in [3.05, 3.63) is 58.3 Å². The Kier molecular flexibility index (Phi) is 4.73. The van der Waals surface area contributed by atoms with Gasteiger partial charge in [-0.1, -0.05) is 5.92 Å². The maximum atomic E-state index is 11.2. The van der Waals surface area contributed by atoms with E-state index in [2.05, 4.69) is 10.7 Å². The van der Waals surface area contributed by atoms with Gasteiger partial charge in [0.2, 0.25) is 0 Å². The van der Waals surface area contributed by atoms with Crippen molar-refractivity contribution in [1.82, 2.24) is 0 Å². The van der Waals surface area contributed by atoms with Gasteiger partial charge in [0.1, 0.15) is 11.5 Å². The molecule has 110 valence electrons. The van der Waals surface area contributed by atoms with Crippen LogP contribution in [0.3, 0.4) is 0 Å². The number of non-ortho nitro benzene ring substituents is 1. The van der Waals surface area contributed by atoms with E-state index in [4.69, 9.17) is 10.8 Å². The van der Waals surface area contributed by atoms with E-state index < -0.39 is 10.9 Å². The van der Waals surface area contributed by atoms with Crippen molar-refractivity contribution in [3.8, 4) is 23.7 Å². The molecular formula is C16H11NO5. The van der Waals surface area contributed by atoms with Crippen LogP contribution in [0.1, 0.15) is 5.76 Å². The Balaban J connectivity index is 2.08. The van der Waals surface area contributed by atoms with Crippen LogP contribution in [0.2, 0.25) is 0 Å². The van der Waals surface area contributed by atoms with Crippen molar-refractivity contribution in [2.45, 2.75) is 0 Å². The Morgan fingerprint density at radius 1 is 1.32 bits per heavy atom. The zero-order valence-electron chi connectivity index (χ0n) is 11.4. The number of carbonyl (C=O) groups excluding carboxylic acids is 1. The number of esters is 1. The van der Waals surface area contributed by atoms with Gasteiger partial charge < -0.3 is 9.15 Å². The lowest BCUT2D eigenvalue weighted by atomic mass is 10.1. The Hall–Kier alpha value is -3.33. The summed E-state index contributed by atoms with van der Waals surface area (Å²) in [6.07, 6.45) is 7.63. The normalized spacial score (nSPS) is 10.3. The number of furan rings is 1. The van der Waals surface area contributed by atoms with E-state index in [1.165, 1.54) is 24.3 Å². The maximum Gasteiger partial charge on any atom is 0.331 e. The molecule has 0 aliphatic rings. The second kappa shape index (κ2) is 6.90. The van der Waals surface area contributed by atoms with Crippen molar-refractivity contribution in [3.63, 3.8) is 0 Å². The first kappa shape index (κ1) is 15.1. The first-order chi connectivity index (χ1) is 10.6. The molecule has 0 aliphatic carbocycles. The second-order valence-corrected chi connectivity index (χ2v) is 4.15. The fraction of sp³-hybridized carbons (Fsp3) is 0.0625. The quantitative estimate of drug-likeness (QED) is 0.278. The van der Waals surface area contributed by atoms with Crippen molar-refractivity contribution >= 4 is 17.7 Å². The highest BCUT2D eigenvalue weighted by Crippen LogP contribution is 2.24. The van der Waals surface area contributed by atoms with E-state index in [0.717, 1.165) is 0 Å². The molecule has 1 heterocycles. The van der Waals surface area contributed by atoms with Gasteiger partial charge in [0.25, 0.3) is 5.69 Å². The number of nitro benzene ring substituents is 1. The number of hydrogen-bond donors (Lipinski definition) is 0. The van der Waals surface area contributed by atoms with E-state index in [-0.39, 0.29) is 12.3 Å². The van der Waals surface area contributed by atoms with Crippen LogP contribution >= 0.6 is 0 Å². The van der Waals surface area contributed by atoms with Crippen molar-refractivity contribution in [2.75, 3.05) is 6.61 Å². The Bertz CT molecular complexity index is 750. The SMILES string of the molecule is C#CCOC(=O)/C=C/c1ccc(-c2ccc([N+](=O)[O-])cc2)o1. The number of hydrogen-bond acceptors (Lipinski definition) is 5. The Morgan fingerprint density at radius 3 is 2.68 bits per heavy atom. The number of nitro groups is 1. The lowest BCUT2D eigenvalue weighted by molar-refractivity contribution is -0.384. The maximum absolute atomic E-state index is 11.2. The van der Waals surface area contributed by atoms with Gasteiger partial charge in [-0.25, -0.2) is 4.79 Å². The molecule has 0 aliphatic heterocycles. The van der Waals surface area contributed by atoms with Crippen LogP contribution in [0.15, 0.2) is 46.9 Å². The third kappa shape index (κ3) is 3.84. The molecule has 0 saturated heterocycles. The average Bonchev–Trinajstić information content (AvgIpc) is 3.00. The highest BCUT2D eigenvalue weighted by atomic mass is 16.6. The summed E-state index contributed by atoms with van der Waals surface area (Å²) in [4.78, 5) is 21.4. The molecule has 0 fully saturated rings. The molecule has 22 heavy (non-hydrogen) atoms. The van der Waals surface area contributed by atoms with Gasteiger partial charge in [0, 0.05) is 23.8 Å². The number of benzene rings is 1. The summed E-state index contributed by atoms with van der Waals surface area (Å²) in [5, 5.41) is 10.6. The molecular weight excluding hydrogens is 286 g/mol. The van der Waals surface area contributed by atoms with Crippen LogP contribution in [0.4, 0.5) is 5.69 Å². The zero-order chi connectivity index (χ0) is 15.9. The van der Waals surface area contributed by atoms with Gasteiger partial charge in [-0.3, -0.25) is 10.1 Å². The molecule has 6 heteroatoms. The van der Waals surface area contributed by atoms with Crippen LogP contribution in [0.5, 0.6) is 0 Å². The molecule has 1 aromatic heterocycles. The van der Waals surface area contributed by atoms with Gasteiger partial charge in [-0.15, -0.1) is 6.42 Å². The van der Waals surface area contributed by atoms with E-state index in [9.17, 15) is 14.9 Å². The van der Waals surface area contributed by atoms with Crippen molar-refractivity contribution < 1.29 is 18.9 Å². The minimum atomic E-state index is -0.564. The molecule has 0 unspecified atom stereocenters. The molecule has 0 saturated carbocycles. The third-order valence-corrected chi connectivity index (χ3v) is 2.67. The van der Waals surface area contributed by atoms with Gasteiger partial charge in [-0.2, -0.15) is 0 Å². The van der Waals surface area contributed by atoms with Crippen LogP contribution < -0.4 is 0 Å². The monoisotopic (exact) mass is 297 g/mol. The number of rotatable bonds is 5. The molecule has 1 aromatic carbocycles. The van der Waals surface area contributed by atoms with Gasteiger partial charge >= 0.3 is 5.97 Å². The summed E-state index contributed by atoms with van der Waals surface area (Å²) >= 11 is 0. The first-order valence-corrected chi connectivity index (χ1v) is 6.23. The van der Waals surface area contributed by atoms with E-state index in [0.29, 0.717) is 17.1 Å². The molecule has 2 rings (SSSR count). The van der Waals surface area contributed by atoms with Crippen LogP contribution in [-0.4, -0.2) is 17.5 Å². The third-order valence-electron chi connectivity index (χ3n) is 2.67. The largest absolute Gasteiger partial charge is 0.457 e. The Labute approximate surface area is 126 Å². The molecule has 6 nitrogen and oxygen atoms in total. The molecule has 0 N–H and O–H groups in total. The van der Waals surface area contributed by atoms with E-state index in [1.54, 1.807) is 24.3 Å². The predicted octanol–water partition coefficient (Wildman–Crippen LogP) is 3.04. The number of ether oxygens (including phenoxy) is 1. The fourth-order valence-corrected chi connectivity index (χ4v) is 1.66. The summed E-state index contributed by atoms with van der Waals surface area (Å²) < 4.78 is 10.2. The van der Waals surface area contributed by atoms with Gasteiger partial charge in [-0.05, 0) is 30.3 Å². The summed E-state index contributed by atoms with van der Waals surface area (Å²) in [6.45, 7) is -0.0879. The van der Waals surface area contributed by atoms with Crippen molar-refractivity contribution in [1.29, 1.82) is 0 Å². The van der Waals surface area contributed by atoms with E-state index in [1.807, 2.05) is 0 Å². The predicted molar refractivity (Wildman–Crippen MR) is 79.6 cm³/mol. The lowest BCUT2D eigenvalue weighted by Crippen LogP contribution is -1.99. The minimum Gasteiger partial charge on any atom is -0.457 e. The topological polar surface area (TPSA) is 82.6 Å². The standard InChI is InChI=1S/C16H11NO5/c1-2-11-21-16(18)10-8-14-7-9-15(22-14)12-3-5-13(6-4-12)17(19)20/h1,3-10H,11H2/b10-8+. The lowest BCUT2D eigenvalue weighted by Gasteiger charge is -1.96. The molecule has 2 aromatic rings. The number of carbonyl (C=O) groups is 1. The van der Waals surface area contributed by atoms with Gasteiger partial charge in [0.15, 0.2) is 6.61 Å². The van der Waals surface area contributed by atoms with Gasteiger partial charge in [0.05, 0.1) is 4.92 Å². The summed E-state index contributed by atoms with van der Waals surface area (Å²) in [6, 6.07) is 9.34. The van der Waals surface area contributed by atoms with Crippen molar-refractivity contribution in [2.24, 2.45) is 0 Å². The zero-order valence-corrected chi connectivity index (χ0v) is 11.4. The molecule has 0 spiro atoms. The van der Waals surface area contributed by atoms with Crippen LogP contribution in [-0.2, 0) is 9.53 Å². The minimum absolute atomic E-state index is 0.00619. The smallest absolute Gasteiger partial charge is 0.331 e. The summed E-state index contributed by atoms with van der Waals surface area (Å²) in [5.41, 5.74) is 0.701. The van der Waals surface area contributed by atoms with Crippen LogP contribution in [0.25, 0.3) is 17.4 Å². The number of nitrogens with zero attached hydrogens (tertiary/aromatic N) is 1. The number of terminal acetylenes is 1. The highest BCUT2D eigenvalue weighted by molar-refractivity contribution is 5.86. The average molecular weight is 297 g/mol. The first-order valence-electron chi connectivity index (χ1n) is 6.23. The molecule has 0 bridgehead atoms. The highest BCUT2D eigenvalue weighted by Gasteiger charge is 2.07. The second-order valence-electron chi connectivity index (χ2n) is 4.15. The molecule has 0 radical (unpaired) electrons. The fourth-order valence-electron chi connectivity index (χ4n) is 1.66. The Morgan fingerprint density at radius 2 is 2.05 bits per heavy atom. The summed E-state index contributed by atoms with van der Waals surface area (Å²) in [5.74, 6) is 2.61.